The summed E-state index contributed by atoms with van der Waals surface area (Å²) in [5.74, 6) is 0.984. The van der Waals surface area contributed by atoms with Crippen molar-refractivity contribution in [2.45, 2.75) is 44.8 Å². The van der Waals surface area contributed by atoms with Crippen LogP contribution in [-0.4, -0.2) is 81.7 Å². The molecule has 2 unspecified atom stereocenters. The number of hydrogen-bond acceptors (Lipinski definition) is 5. The van der Waals surface area contributed by atoms with Crippen molar-refractivity contribution in [2.24, 2.45) is 10.4 Å². The van der Waals surface area contributed by atoms with Crippen molar-refractivity contribution in [3.05, 3.63) is 22.4 Å². The van der Waals surface area contributed by atoms with Crippen LogP contribution in [0.25, 0.3) is 0 Å². The van der Waals surface area contributed by atoms with E-state index >= 15 is 0 Å². The Hall–Kier alpha value is -1.64. The largest absolute Gasteiger partial charge is 0.376 e. The molecule has 0 bridgehead atoms. The van der Waals surface area contributed by atoms with E-state index in [1.54, 1.807) is 23.3 Å². The van der Waals surface area contributed by atoms with Crippen molar-refractivity contribution in [2.75, 3.05) is 53.9 Å². The lowest BCUT2D eigenvalue weighted by Crippen LogP contribution is -2.51. The SMILES string of the molecule is CN=C(NCC(c1cccs1)N1CCOC(C)C1)NCC1(C(=O)N(C)C)CCCC1. The zero-order valence-corrected chi connectivity index (χ0v) is 19.6. The van der Waals surface area contributed by atoms with Crippen LogP contribution in [0, 0.1) is 5.41 Å². The highest BCUT2D eigenvalue weighted by Gasteiger charge is 2.42. The van der Waals surface area contributed by atoms with Gasteiger partial charge in [-0.1, -0.05) is 18.9 Å². The van der Waals surface area contributed by atoms with Crippen molar-refractivity contribution >= 4 is 23.2 Å². The molecule has 1 aromatic rings. The van der Waals surface area contributed by atoms with Gasteiger partial charge in [-0.2, -0.15) is 0 Å². The van der Waals surface area contributed by atoms with Crippen LogP contribution >= 0.6 is 11.3 Å². The van der Waals surface area contributed by atoms with E-state index in [1.807, 2.05) is 14.1 Å². The van der Waals surface area contributed by atoms with E-state index in [0.29, 0.717) is 6.54 Å². The molecule has 1 amide bonds. The van der Waals surface area contributed by atoms with E-state index < -0.39 is 0 Å². The third kappa shape index (κ3) is 5.53. The molecule has 3 rings (SSSR count). The molecule has 0 radical (unpaired) electrons. The van der Waals surface area contributed by atoms with Gasteiger partial charge in [-0.05, 0) is 31.2 Å². The van der Waals surface area contributed by atoms with Gasteiger partial charge in [0.15, 0.2) is 5.96 Å². The van der Waals surface area contributed by atoms with Crippen molar-refractivity contribution < 1.29 is 9.53 Å². The lowest BCUT2D eigenvalue weighted by atomic mass is 9.84. The smallest absolute Gasteiger partial charge is 0.230 e. The highest BCUT2D eigenvalue weighted by Crippen LogP contribution is 2.39. The summed E-state index contributed by atoms with van der Waals surface area (Å²) in [5, 5.41) is 9.10. The first-order valence-corrected chi connectivity index (χ1v) is 11.9. The molecule has 7 nitrogen and oxygen atoms in total. The Morgan fingerprint density at radius 1 is 1.40 bits per heavy atom. The van der Waals surface area contributed by atoms with Crippen LogP contribution in [0.3, 0.4) is 0 Å². The third-order valence-electron chi connectivity index (χ3n) is 6.29. The van der Waals surface area contributed by atoms with E-state index in [-0.39, 0.29) is 23.5 Å². The number of morpholine rings is 1. The lowest BCUT2D eigenvalue weighted by Gasteiger charge is -2.37. The van der Waals surface area contributed by atoms with Crippen LogP contribution in [-0.2, 0) is 9.53 Å². The molecule has 1 saturated heterocycles. The number of guanidine groups is 1. The number of hydrogen-bond donors (Lipinski definition) is 2. The number of amides is 1. The Morgan fingerprint density at radius 2 is 2.17 bits per heavy atom. The molecule has 0 aromatic carbocycles. The first kappa shape index (κ1) is 23.0. The second-order valence-electron chi connectivity index (χ2n) is 8.70. The van der Waals surface area contributed by atoms with Crippen LogP contribution in [0.2, 0.25) is 0 Å². The predicted octanol–water partition coefficient (Wildman–Crippen LogP) is 2.32. The molecule has 1 aromatic heterocycles. The van der Waals surface area contributed by atoms with Crippen LogP contribution in [0.5, 0.6) is 0 Å². The lowest BCUT2D eigenvalue weighted by molar-refractivity contribution is -0.138. The molecular formula is C22H37N5O2S. The quantitative estimate of drug-likeness (QED) is 0.508. The first-order chi connectivity index (χ1) is 14.4. The van der Waals surface area contributed by atoms with Crippen molar-refractivity contribution in [3.8, 4) is 0 Å². The molecule has 1 aliphatic carbocycles. The van der Waals surface area contributed by atoms with Crippen LogP contribution < -0.4 is 10.6 Å². The Labute approximate surface area is 184 Å². The maximum Gasteiger partial charge on any atom is 0.230 e. The summed E-state index contributed by atoms with van der Waals surface area (Å²) in [6.07, 6.45) is 4.36. The second-order valence-corrected chi connectivity index (χ2v) is 9.68. The Bertz CT molecular complexity index is 700. The van der Waals surface area contributed by atoms with E-state index in [0.717, 1.165) is 57.9 Å². The van der Waals surface area contributed by atoms with E-state index in [9.17, 15) is 4.79 Å². The summed E-state index contributed by atoms with van der Waals surface area (Å²) >= 11 is 1.79. The van der Waals surface area contributed by atoms with E-state index in [4.69, 9.17) is 4.74 Å². The first-order valence-electron chi connectivity index (χ1n) is 11.0. The fourth-order valence-electron chi connectivity index (χ4n) is 4.68. The third-order valence-corrected chi connectivity index (χ3v) is 7.26. The van der Waals surface area contributed by atoms with E-state index in [1.165, 1.54) is 4.88 Å². The summed E-state index contributed by atoms with van der Waals surface area (Å²) in [6, 6.07) is 4.59. The number of nitrogens with one attached hydrogen (secondary N) is 2. The molecule has 1 aliphatic heterocycles. The Morgan fingerprint density at radius 3 is 2.77 bits per heavy atom. The van der Waals surface area contributed by atoms with Crippen LogP contribution in [0.15, 0.2) is 22.5 Å². The molecule has 1 saturated carbocycles. The number of rotatable bonds is 7. The summed E-state index contributed by atoms with van der Waals surface area (Å²) < 4.78 is 5.74. The molecule has 2 heterocycles. The second kappa shape index (κ2) is 10.6. The highest BCUT2D eigenvalue weighted by atomic mass is 32.1. The van der Waals surface area contributed by atoms with Gasteiger partial charge >= 0.3 is 0 Å². The van der Waals surface area contributed by atoms with Gasteiger partial charge in [0.05, 0.1) is 24.2 Å². The van der Waals surface area contributed by atoms with Gasteiger partial charge in [0.1, 0.15) is 0 Å². The van der Waals surface area contributed by atoms with Gasteiger partial charge in [-0.25, -0.2) is 0 Å². The average molecular weight is 436 g/mol. The van der Waals surface area contributed by atoms with Gasteiger partial charge in [-0.15, -0.1) is 11.3 Å². The number of nitrogens with zero attached hydrogens (tertiary/aromatic N) is 3. The van der Waals surface area contributed by atoms with Crippen molar-refractivity contribution in [3.63, 3.8) is 0 Å². The topological polar surface area (TPSA) is 69.2 Å². The predicted molar refractivity (Wildman–Crippen MR) is 123 cm³/mol. The molecular weight excluding hydrogens is 398 g/mol. The maximum atomic E-state index is 12.8. The normalized spacial score (nSPS) is 23.2. The van der Waals surface area contributed by atoms with Crippen LogP contribution in [0.1, 0.15) is 43.5 Å². The molecule has 8 heteroatoms. The zero-order chi connectivity index (χ0) is 21.6. The van der Waals surface area contributed by atoms with E-state index in [2.05, 4.69) is 45.0 Å². The average Bonchev–Trinajstić information content (AvgIpc) is 3.43. The molecule has 2 N–H and O–H groups in total. The molecule has 2 fully saturated rings. The number of carbonyl (C=O) groups excluding carboxylic acids is 1. The zero-order valence-electron chi connectivity index (χ0n) is 18.8. The molecule has 0 spiro atoms. The van der Waals surface area contributed by atoms with Crippen molar-refractivity contribution in [1.29, 1.82) is 0 Å². The van der Waals surface area contributed by atoms with Gasteiger partial charge in [0, 0.05) is 52.2 Å². The Balaban J connectivity index is 1.62. The Kier molecular flexibility index (Phi) is 8.13. The molecule has 168 valence electrons. The molecule has 30 heavy (non-hydrogen) atoms. The highest BCUT2D eigenvalue weighted by molar-refractivity contribution is 7.10. The fourth-order valence-corrected chi connectivity index (χ4v) is 5.54. The number of carbonyl (C=O) groups is 1. The number of ether oxygens (including phenoxy) is 1. The van der Waals surface area contributed by atoms with Gasteiger partial charge in [0.25, 0.3) is 0 Å². The minimum atomic E-state index is -0.312. The minimum absolute atomic E-state index is 0.224. The maximum absolute atomic E-state index is 12.8. The summed E-state index contributed by atoms with van der Waals surface area (Å²) in [7, 11) is 5.50. The number of aliphatic imine (C=N–C) groups is 1. The standard InChI is InChI=1S/C22H37N5O2S/c1-17-15-27(11-12-29-17)18(19-8-7-13-30-19)14-24-21(23-2)25-16-22(9-5-6-10-22)20(28)26(3)4/h7-8,13,17-18H,5-6,9-12,14-16H2,1-4H3,(H2,23,24,25). The van der Waals surface area contributed by atoms with Gasteiger partial charge in [-0.3, -0.25) is 14.7 Å². The molecule has 2 atom stereocenters. The summed E-state index contributed by atoms with van der Waals surface area (Å²) in [4.78, 5) is 22.8. The van der Waals surface area contributed by atoms with Gasteiger partial charge in [0.2, 0.25) is 5.91 Å². The molecule has 2 aliphatic rings. The summed E-state index contributed by atoms with van der Waals surface area (Å²) in [6.45, 7) is 6.15. The fraction of sp³-hybridized carbons (Fsp3) is 0.727. The summed E-state index contributed by atoms with van der Waals surface area (Å²) in [5.41, 5.74) is -0.312. The number of thiophene rings is 1. The van der Waals surface area contributed by atoms with Crippen molar-refractivity contribution in [1.82, 2.24) is 20.4 Å². The minimum Gasteiger partial charge on any atom is -0.376 e. The van der Waals surface area contributed by atoms with Gasteiger partial charge < -0.3 is 20.3 Å². The van der Waals surface area contributed by atoms with Crippen LogP contribution in [0.4, 0.5) is 0 Å². The monoisotopic (exact) mass is 435 g/mol.